The lowest BCUT2D eigenvalue weighted by Gasteiger charge is -2.00. The van der Waals surface area contributed by atoms with Gasteiger partial charge in [0.25, 0.3) is 5.91 Å². The Hall–Kier alpha value is -0.390. The monoisotopic (exact) mass is 249 g/mol. The second kappa shape index (κ2) is 4.59. The number of carbonyl (C=O) groups excluding carboxylic acids is 1. The molecule has 0 saturated carbocycles. The van der Waals surface area contributed by atoms with Gasteiger partial charge in [0.2, 0.25) is 0 Å². The van der Waals surface area contributed by atoms with Crippen LogP contribution in [0, 0.1) is 0 Å². The van der Waals surface area contributed by atoms with Gasteiger partial charge in [-0.15, -0.1) is 11.3 Å². The van der Waals surface area contributed by atoms with Crippen LogP contribution in [0.15, 0.2) is 15.9 Å². The Balaban J connectivity index is 2.59. The SMILES string of the molecule is COCNC(=O)c1sccc1Br. The van der Waals surface area contributed by atoms with E-state index in [-0.39, 0.29) is 12.6 Å². The minimum atomic E-state index is -0.112. The van der Waals surface area contributed by atoms with Crippen LogP contribution in [0.3, 0.4) is 0 Å². The molecule has 0 aliphatic rings. The van der Waals surface area contributed by atoms with Crippen LogP contribution >= 0.6 is 27.3 Å². The third-order valence-electron chi connectivity index (χ3n) is 1.20. The van der Waals surface area contributed by atoms with Crippen LogP contribution in [0.2, 0.25) is 0 Å². The summed E-state index contributed by atoms with van der Waals surface area (Å²) in [4.78, 5) is 11.9. The standard InChI is InChI=1S/C7H8BrNO2S/c1-11-4-9-7(10)6-5(8)2-3-12-6/h2-3H,4H2,1H3,(H,9,10). The second-order valence-corrected chi connectivity index (χ2v) is 3.81. The summed E-state index contributed by atoms with van der Waals surface area (Å²) in [6.45, 7) is 0.239. The molecule has 12 heavy (non-hydrogen) atoms. The molecular weight excluding hydrogens is 242 g/mol. The molecule has 1 aromatic heterocycles. The largest absolute Gasteiger partial charge is 0.364 e. The Morgan fingerprint density at radius 2 is 2.58 bits per heavy atom. The summed E-state index contributed by atoms with van der Waals surface area (Å²) in [5.74, 6) is -0.112. The van der Waals surface area contributed by atoms with Gasteiger partial charge in [0, 0.05) is 11.6 Å². The van der Waals surface area contributed by atoms with Crippen LogP contribution in [0.4, 0.5) is 0 Å². The summed E-state index contributed by atoms with van der Waals surface area (Å²) >= 11 is 4.66. The Bertz CT molecular complexity index is 274. The molecule has 1 aromatic rings. The summed E-state index contributed by atoms with van der Waals surface area (Å²) in [5, 5.41) is 4.45. The first kappa shape index (κ1) is 9.70. The quantitative estimate of drug-likeness (QED) is 0.831. The lowest BCUT2D eigenvalue weighted by Crippen LogP contribution is -2.24. The smallest absolute Gasteiger partial charge is 0.264 e. The molecule has 0 fully saturated rings. The molecule has 0 atom stereocenters. The summed E-state index contributed by atoms with van der Waals surface area (Å²) < 4.78 is 5.53. The van der Waals surface area contributed by atoms with E-state index in [0.29, 0.717) is 4.88 Å². The van der Waals surface area contributed by atoms with Crippen LogP contribution < -0.4 is 5.32 Å². The first-order valence-corrected chi connectivity index (χ1v) is 4.93. The van der Waals surface area contributed by atoms with E-state index in [1.807, 2.05) is 11.4 Å². The van der Waals surface area contributed by atoms with Crippen LogP contribution in [0.25, 0.3) is 0 Å². The molecule has 1 amide bonds. The average Bonchev–Trinajstić information content (AvgIpc) is 2.47. The van der Waals surface area contributed by atoms with Crippen LogP contribution in [-0.4, -0.2) is 19.7 Å². The normalized spacial score (nSPS) is 9.83. The molecule has 5 heteroatoms. The molecule has 0 aliphatic carbocycles. The highest BCUT2D eigenvalue weighted by Crippen LogP contribution is 2.21. The van der Waals surface area contributed by atoms with E-state index in [4.69, 9.17) is 4.74 Å². The van der Waals surface area contributed by atoms with Crippen molar-refractivity contribution in [2.45, 2.75) is 0 Å². The number of halogens is 1. The van der Waals surface area contributed by atoms with E-state index in [2.05, 4.69) is 21.2 Å². The first-order valence-electron chi connectivity index (χ1n) is 3.26. The summed E-state index contributed by atoms with van der Waals surface area (Å²) in [6.07, 6.45) is 0. The number of hydrogen-bond acceptors (Lipinski definition) is 3. The van der Waals surface area contributed by atoms with Crippen LogP contribution in [0.5, 0.6) is 0 Å². The second-order valence-electron chi connectivity index (χ2n) is 2.04. The van der Waals surface area contributed by atoms with Gasteiger partial charge in [-0.3, -0.25) is 4.79 Å². The van der Waals surface area contributed by atoms with Gasteiger partial charge in [0.05, 0.1) is 0 Å². The van der Waals surface area contributed by atoms with Crippen molar-refractivity contribution in [3.63, 3.8) is 0 Å². The van der Waals surface area contributed by atoms with Crippen LogP contribution in [-0.2, 0) is 4.74 Å². The number of ether oxygens (including phenoxy) is 1. The van der Waals surface area contributed by atoms with E-state index < -0.39 is 0 Å². The van der Waals surface area contributed by atoms with Crippen LogP contribution in [0.1, 0.15) is 9.67 Å². The number of hydrogen-bond donors (Lipinski definition) is 1. The molecule has 0 radical (unpaired) electrons. The van der Waals surface area contributed by atoms with E-state index in [9.17, 15) is 4.79 Å². The van der Waals surface area contributed by atoms with Crippen molar-refractivity contribution < 1.29 is 9.53 Å². The third kappa shape index (κ3) is 2.30. The molecule has 0 bridgehead atoms. The Labute approximate surface area is 82.9 Å². The minimum Gasteiger partial charge on any atom is -0.364 e. The molecule has 0 aliphatic heterocycles. The highest BCUT2D eigenvalue weighted by molar-refractivity contribution is 9.10. The Morgan fingerprint density at radius 3 is 3.08 bits per heavy atom. The molecule has 0 spiro atoms. The molecule has 1 heterocycles. The maximum atomic E-state index is 11.3. The van der Waals surface area contributed by atoms with Gasteiger partial charge < -0.3 is 10.1 Å². The van der Waals surface area contributed by atoms with Gasteiger partial charge in [-0.1, -0.05) is 0 Å². The number of carbonyl (C=O) groups is 1. The third-order valence-corrected chi connectivity index (χ3v) is 3.04. The number of rotatable bonds is 3. The van der Waals surface area contributed by atoms with Gasteiger partial charge in [-0.05, 0) is 27.4 Å². The van der Waals surface area contributed by atoms with Crippen molar-refractivity contribution in [3.8, 4) is 0 Å². The van der Waals surface area contributed by atoms with E-state index >= 15 is 0 Å². The maximum absolute atomic E-state index is 11.3. The van der Waals surface area contributed by atoms with E-state index in [0.717, 1.165) is 4.47 Å². The van der Waals surface area contributed by atoms with Crippen molar-refractivity contribution in [1.29, 1.82) is 0 Å². The molecule has 1 N–H and O–H groups in total. The van der Waals surface area contributed by atoms with Gasteiger partial charge in [-0.2, -0.15) is 0 Å². The summed E-state index contributed by atoms with van der Waals surface area (Å²) in [7, 11) is 1.53. The lowest BCUT2D eigenvalue weighted by molar-refractivity contribution is 0.0875. The van der Waals surface area contributed by atoms with Crippen molar-refractivity contribution in [2.24, 2.45) is 0 Å². The zero-order valence-corrected chi connectivity index (χ0v) is 8.87. The molecule has 66 valence electrons. The number of thiophene rings is 1. The Kier molecular flexibility index (Phi) is 3.71. The fraction of sp³-hybridized carbons (Fsp3) is 0.286. The van der Waals surface area contributed by atoms with Crippen molar-refractivity contribution >= 4 is 33.2 Å². The summed E-state index contributed by atoms with van der Waals surface area (Å²) in [5.41, 5.74) is 0. The lowest BCUT2D eigenvalue weighted by atomic mass is 10.4. The fourth-order valence-corrected chi connectivity index (χ4v) is 2.14. The van der Waals surface area contributed by atoms with Gasteiger partial charge in [0.1, 0.15) is 11.6 Å². The van der Waals surface area contributed by atoms with Gasteiger partial charge >= 0.3 is 0 Å². The van der Waals surface area contributed by atoms with Gasteiger partial charge in [0.15, 0.2) is 0 Å². The summed E-state index contributed by atoms with van der Waals surface area (Å²) in [6, 6.07) is 1.84. The number of methoxy groups -OCH3 is 1. The Morgan fingerprint density at radius 1 is 1.83 bits per heavy atom. The number of nitrogens with one attached hydrogen (secondary N) is 1. The maximum Gasteiger partial charge on any atom is 0.264 e. The highest BCUT2D eigenvalue weighted by atomic mass is 79.9. The first-order chi connectivity index (χ1) is 5.75. The minimum absolute atomic E-state index is 0.112. The molecular formula is C7H8BrNO2S. The number of amides is 1. The zero-order chi connectivity index (χ0) is 8.97. The zero-order valence-electron chi connectivity index (χ0n) is 6.46. The molecule has 3 nitrogen and oxygen atoms in total. The predicted molar refractivity (Wildman–Crippen MR) is 51.4 cm³/mol. The predicted octanol–water partition coefficient (Wildman–Crippen LogP) is 1.84. The topological polar surface area (TPSA) is 38.3 Å². The molecule has 0 aromatic carbocycles. The van der Waals surface area contributed by atoms with Crippen molar-refractivity contribution in [2.75, 3.05) is 13.8 Å². The molecule has 0 saturated heterocycles. The van der Waals surface area contributed by atoms with E-state index in [1.165, 1.54) is 18.4 Å². The van der Waals surface area contributed by atoms with Gasteiger partial charge in [-0.25, -0.2) is 0 Å². The van der Waals surface area contributed by atoms with Crippen molar-refractivity contribution in [1.82, 2.24) is 5.32 Å². The molecule has 0 unspecified atom stereocenters. The van der Waals surface area contributed by atoms with Crippen molar-refractivity contribution in [3.05, 3.63) is 20.8 Å². The average molecular weight is 250 g/mol. The fourth-order valence-electron chi connectivity index (χ4n) is 0.674. The molecule has 1 rings (SSSR count). The highest BCUT2D eigenvalue weighted by Gasteiger charge is 2.09. The van der Waals surface area contributed by atoms with E-state index in [1.54, 1.807) is 0 Å².